The van der Waals surface area contributed by atoms with Crippen LogP contribution in [0.3, 0.4) is 0 Å². The fourth-order valence-electron chi connectivity index (χ4n) is 2.36. The number of nitrogens with zero attached hydrogens (tertiary/aromatic N) is 1. The summed E-state index contributed by atoms with van der Waals surface area (Å²) in [6, 6.07) is 15.7. The monoisotopic (exact) mass is 368 g/mol. The van der Waals surface area contributed by atoms with Gasteiger partial charge in [0.2, 0.25) is 0 Å². The van der Waals surface area contributed by atoms with Gasteiger partial charge in [0.05, 0.1) is 10.7 Å². The van der Waals surface area contributed by atoms with Crippen molar-refractivity contribution in [1.29, 1.82) is 0 Å². The van der Waals surface area contributed by atoms with Gasteiger partial charge < -0.3 is 5.32 Å². The van der Waals surface area contributed by atoms with Crippen LogP contribution in [0.1, 0.15) is 33.5 Å². The number of rotatable bonds is 6. The minimum absolute atomic E-state index is 0.0871. The minimum Gasteiger partial charge on any atom is -0.322 e. The van der Waals surface area contributed by atoms with Crippen LogP contribution >= 0.6 is 23.1 Å². The second kappa shape index (κ2) is 8.32. The van der Waals surface area contributed by atoms with Crippen LogP contribution in [0.4, 0.5) is 5.69 Å². The lowest BCUT2D eigenvalue weighted by Crippen LogP contribution is -2.11. The van der Waals surface area contributed by atoms with E-state index in [1.54, 1.807) is 23.1 Å². The van der Waals surface area contributed by atoms with Gasteiger partial charge in [0.25, 0.3) is 5.91 Å². The zero-order valence-electron chi connectivity index (χ0n) is 14.3. The predicted octanol–water partition coefficient (Wildman–Crippen LogP) is 5.56. The second-order valence-corrected chi connectivity index (χ2v) is 7.79. The van der Waals surface area contributed by atoms with Gasteiger partial charge in [0, 0.05) is 27.3 Å². The van der Waals surface area contributed by atoms with E-state index in [-0.39, 0.29) is 5.91 Å². The molecule has 0 radical (unpaired) electrons. The summed E-state index contributed by atoms with van der Waals surface area (Å²) >= 11 is 3.40. The summed E-state index contributed by atoms with van der Waals surface area (Å²) in [4.78, 5) is 17.9. The first kappa shape index (κ1) is 17.7. The molecule has 0 aliphatic heterocycles. The maximum atomic E-state index is 12.3. The molecule has 1 aromatic heterocycles. The lowest BCUT2D eigenvalue weighted by atomic mass is 10.1. The Hall–Kier alpha value is -2.11. The third-order valence-electron chi connectivity index (χ3n) is 3.79. The Morgan fingerprint density at radius 3 is 2.44 bits per heavy atom. The fourth-order valence-corrected chi connectivity index (χ4v) is 3.87. The molecule has 0 aliphatic carbocycles. The van der Waals surface area contributed by atoms with Crippen LogP contribution in [0, 0.1) is 6.92 Å². The smallest absolute Gasteiger partial charge is 0.255 e. The highest BCUT2D eigenvalue weighted by atomic mass is 32.2. The van der Waals surface area contributed by atoms with Gasteiger partial charge in [-0.05, 0) is 55.3 Å². The molecule has 0 saturated heterocycles. The van der Waals surface area contributed by atoms with Crippen molar-refractivity contribution in [2.45, 2.75) is 30.9 Å². The number of benzene rings is 2. The topological polar surface area (TPSA) is 42.0 Å². The van der Waals surface area contributed by atoms with Crippen molar-refractivity contribution in [3.8, 4) is 0 Å². The number of thiazole rings is 1. The first-order valence-corrected chi connectivity index (χ1v) is 10.0. The van der Waals surface area contributed by atoms with E-state index in [9.17, 15) is 4.79 Å². The Bertz CT molecular complexity index is 839. The van der Waals surface area contributed by atoms with Crippen LogP contribution in [0.25, 0.3) is 0 Å². The summed E-state index contributed by atoms with van der Waals surface area (Å²) in [6.07, 6.45) is 0.994. The molecule has 0 atom stereocenters. The Labute approximate surface area is 156 Å². The summed E-state index contributed by atoms with van der Waals surface area (Å²) < 4.78 is 0. The van der Waals surface area contributed by atoms with Gasteiger partial charge in [-0.15, -0.1) is 23.1 Å². The van der Waals surface area contributed by atoms with E-state index in [4.69, 9.17) is 0 Å². The molecule has 3 rings (SSSR count). The number of hydrogen-bond donors (Lipinski definition) is 1. The molecule has 128 valence electrons. The molecular formula is C20H20N2OS2. The number of aryl methyl sites for hydroxylation is 2. The average Bonchev–Trinajstić information content (AvgIpc) is 3.06. The van der Waals surface area contributed by atoms with Crippen LogP contribution in [0.15, 0.2) is 58.8 Å². The molecule has 0 bridgehead atoms. The summed E-state index contributed by atoms with van der Waals surface area (Å²) in [7, 11) is 0. The maximum Gasteiger partial charge on any atom is 0.255 e. The predicted molar refractivity (Wildman–Crippen MR) is 107 cm³/mol. The fraction of sp³-hybridized carbons (Fsp3) is 0.200. The van der Waals surface area contributed by atoms with Crippen molar-refractivity contribution in [3.63, 3.8) is 0 Å². The standard InChI is InChI=1S/C20H20N2OS2/c1-3-15-4-8-17(9-5-15)22-20(23)16-6-10-19(11-7-16)25-13-18-12-24-14(2)21-18/h4-12H,3,13H2,1-2H3,(H,22,23). The number of aromatic nitrogens is 1. The molecule has 1 amide bonds. The van der Waals surface area contributed by atoms with E-state index < -0.39 is 0 Å². The zero-order valence-corrected chi connectivity index (χ0v) is 15.9. The summed E-state index contributed by atoms with van der Waals surface area (Å²) in [5, 5.41) is 6.12. The third-order valence-corrected chi connectivity index (χ3v) is 5.66. The third kappa shape index (κ3) is 4.94. The normalized spacial score (nSPS) is 10.6. The van der Waals surface area contributed by atoms with Crippen molar-refractivity contribution < 1.29 is 4.79 Å². The van der Waals surface area contributed by atoms with E-state index in [0.29, 0.717) is 5.56 Å². The average molecular weight is 369 g/mol. The van der Waals surface area contributed by atoms with Crippen LogP contribution < -0.4 is 5.32 Å². The number of carbonyl (C=O) groups is 1. The summed E-state index contributed by atoms with van der Waals surface area (Å²) in [5.74, 6) is 0.760. The van der Waals surface area contributed by atoms with Gasteiger partial charge in [-0.1, -0.05) is 19.1 Å². The molecule has 0 saturated carbocycles. The molecule has 25 heavy (non-hydrogen) atoms. The number of thioether (sulfide) groups is 1. The van der Waals surface area contributed by atoms with Gasteiger partial charge >= 0.3 is 0 Å². The molecule has 1 N–H and O–H groups in total. The first-order chi connectivity index (χ1) is 12.1. The highest BCUT2D eigenvalue weighted by molar-refractivity contribution is 7.98. The molecule has 0 unspecified atom stereocenters. The minimum atomic E-state index is -0.0871. The zero-order chi connectivity index (χ0) is 17.6. The molecule has 2 aromatic carbocycles. The lowest BCUT2D eigenvalue weighted by Gasteiger charge is -2.07. The Kier molecular flexibility index (Phi) is 5.89. The first-order valence-electron chi connectivity index (χ1n) is 8.18. The Morgan fingerprint density at radius 2 is 1.84 bits per heavy atom. The molecule has 3 nitrogen and oxygen atoms in total. The van der Waals surface area contributed by atoms with Gasteiger partial charge in [0.1, 0.15) is 0 Å². The Morgan fingerprint density at radius 1 is 1.12 bits per heavy atom. The van der Waals surface area contributed by atoms with E-state index in [1.807, 2.05) is 55.5 Å². The van der Waals surface area contributed by atoms with Gasteiger partial charge in [-0.3, -0.25) is 4.79 Å². The van der Waals surface area contributed by atoms with E-state index >= 15 is 0 Å². The van der Waals surface area contributed by atoms with Gasteiger partial charge in [0.15, 0.2) is 0 Å². The number of carbonyl (C=O) groups excluding carboxylic acids is 1. The Balaban J connectivity index is 1.57. The van der Waals surface area contributed by atoms with Crippen molar-refractivity contribution in [3.05, 3.63) is 75.7 Å². The number of hydrogen-bond acceptors (Lipinski definition) is 4. The van der Waals surface area contributed by atoms with Crippen molar-refractivity contribution >= 4 is 34.7 Å². The molecule has 5 heteroatoms. The molecule has 0 aliphatic rings. The van der Waals surface area contributed by atoms with E-state index in [0.717, 1.165) is 33.5 Å². The maximum absolute atomic E-state index is 12.3. The lowest BCUT2D eigenvalue weighted by molar-refractivity contribution is 0.102. The molecular weight excluding hydrogens is 348 g/mol. The molecule has 0 fully saturated rings. The van der Waals surface area contributed by atoms with Crippen molar-refractivity contribution in [2.24, 2.45) is 0 Å². The van der Waals surface area contributed by atoms with E-state index in [2.05, 4.69) is 22.6 Å². The largest absolute Gasteiger partial charge is 0.322 e. The second-order valence-electron chi connectivity index (χ2n) is 5.68. The summed E-state index contributed by atoms with van der Waals surface area (Å²) in [5.41, 5.74) is 3.84. The van der Waals surface area contributed by atoms with Crippen LogP contribution in [0.2, 0.25) is 0 Å². The molecule has 3 aromatic rings. The van der Waals surface area contributed by atoms with Crippen molar-refractivity contribution in [2.75, 3.05) is 5.32 Å². The van der Waals surface area contributed by atoms with Gasteiger partial charge in [-0.25, -0.2) is 4.98 Å². The van der Waals surface area contributed by atoms with Crippen LogP contribution in [0.5, 0.6) is 0 Å². The highest BCUT2D eigenvalue weighted by Crippen LogP contribution is 2.24. The van der Waals surface area contributed by atoms with Crippen LogP contribution in [-0.4, -0.2) is 10.9 Å². The number of nitrogens with one attached hydrogen (secondary N) is 1. The molecule has 0 spiro atoms. The van der Waals surface area contributed by atoms with Gasteiger partial charge in [-0.2, -0.15) is 0 Å². The number of amides is 1. The number of anilines is 1. The van der Waals surface area contributed by atoms with E-state index in [1.165, 1.54) is 5.56 Å². The van der Waals surface area contributed by atoms with Crippen molar-refractivity contribution in [1.82, 2.24) is 4.98 Å². The highest BCUT2D eigenvalue weighted by Gasteiger charge is 2.07. The molecule has 1 heterocycles. The van der Waals surface area contributed by atoms with Crippen LogP contribution in [-0.2, 0) is 12.2 Å². The summed E-state index contributed by atoms with van der Waals surface area (Å²) in [6.45, 7) is 4.13. The quantitative estimate of drug-likeness (QED) is 0.579. The SMILES string of the molecule is CCc1ccc(NC(=O)c2ccc(SCc3csc(C)n3)cc2)cc1.